The Morgan fingerprint density at radius 1 is 0.733 bits per heavy atom. The first-order valence-corrected chi connectivity index (χ1v) is 14.4. The number of rotatable bonds is 12. The van der Waals surface area contributed by atoms with Crippen molar-refractivity contribution in [2.75, 3.05) is 33.5 Å². The Kier molecular flexibility index (Phi) is 10.8. The van der Waals surface area contributed by atoms with E-state index in [4.69, 9.17) is 28.4 Å². The Morgan fingerprint density at radius 2 is 1.36 bits per heavy atom. The third-order valence-electron chi connectivity index (χ3n) is 8.01. The number of benzene rings is 2. The van der Waals surface area contributed by atoms with Crippen molar-refractivity contribution in [2.45, 2.75) is 68.0 Å². The van der Waals surface area contributed by atoms with Crippen LogP contribution in [0.2, 0.25) is 0 Å². The maximum Gasteiger partial charge on any atom is 0.261 e. The number of imide groups is 1. The van der Waals surface area contributed by atoms with E-state index < -0.39 is 86.4 Å². The average molecular weight is 636 g/mol. The molecule has 2 saturated heterocycles. The van der Waals surface area contributed by atoms with E-state index in [0.29, 0.717) is 11.3 Å². The molecule has 10 atom stereocenters. The number of nitrogens with zero attached hydrogens (tertiary/aromatic N) is 1. The first-order chi connectivity index (χ1) is 21.7. The molecule has 3 heterocycles. The molecule has 45 heavy (non-hydrogen) atoms. The van der Waals surface area contributed by atoms with Gasteiger partial charge >= 0.3 is 0 Å². The third kappa shape index (κ3) is 6.89. The van der Waals surface area contributed by atoms with E-state index in [1.165, 1.54) is 7.11 Å². The lowest BCUT2D eigenvalue weighted by Crippen LogP contribution is -2.65. The van der Waals surface area contributed by atoms with Gasteiger partial charge in [0.25, 0.3) is 11.8 Å². The van der Waals surface area contributed by atoms with Gasteiger partial charge in [-0.1, -0.05) is 24.3 Å². The van der Waals surface area contributed by atoms with Gasteiger partial charge in [-0.2, -0.15) is 0 Å². The first-order valence-electron chi connectivity index (χ1n) is 14.4. The summed E-state index contributed by atoms with van der Waals surface area (Å²) in [6, 6.07) is 13.3. The van der Waals surface area contributed by atoms with Crippen LogP contribution in [0.5, 0.6) is 5.75 Å². The molecule has 246 valence electrons. The van der Waals surface area contributed by atoms with Crippen molar-refractivity contribution in [1.29, 1.82) is 0 Å². The van der Waals surface area contributed by atoms with Crippen LogP contribution in [0.15, 0.2) is 48.5 Å². The molecule has 0 aromatic heterocycles. The van der Waals surface area contributed by atoms with E-state index in [0.717, 1.165) is 4.90 Å². The van der Waals surface area contributed by atoms with Gasteiger partial charge in [0.2, 0.25) is 0 Å². The van der Waals surface area contributed by atoms with Crippen LogP contribution < -0.4 is 4.74 Å². The second kappa shape index (κ2) is 14.6. The predicted molar refractivity (Wildman–Crippen MR) is 150 cm³/mol. The molecule has 2 amide bonds. The number of aliphatic hydroxyl groups excluding tert-OH is 6. The summed E-state index contributed by atoms with van der Waals surface area (Å²) in [6.45, 7) is -1.81. The van der Waals surface area contributed by atoms with Gasteiger partial charge in [-0.25, -0.2) is 0 Å². The van der Waals surface area contributed by atoms with Gasteiger partial charge in [0.1, 0.15) is 54.6 Å². The van der Waals surface area contributed by atoms with Gasteiger partial charge < -0.3 is 59.1 Å². The SMILES string of the molecule is COc1ccc(COC2C(O)C(CO)OC(OC3C(CO)OC(OCCN4C(=O)c5ccccc5C4=O)C(O)C3O)C2O)cc1. The monoisotopic (exact) mass is 635 g/mol. The molecule has 5 rings (SSSR count). The van der Waals surface area contributed by atoms with Gasteiger partial charge in [-0.15, -0.1) is 0 Å². The Labute approximate surface area is 258 Å². The van der Waals surface area contributed by atoms with Gasteiger partial charge in [0.15, 0.2) is 12.6 Å². The zero-order valence-corrected chi connectivity index (χ0v) is 24.3. The van der Waals surface area contributed by atoms with Crippen molar-refractivity contribution in [3.8, 4) is 5.75 Å². The Hall–Kier alpha value is -3.06. The molecule has 0 aliphatic carbocycles. The summed E-state index contributed by atoms with van der Waals surface area (Å²) in [7, 11) is 1.53. The molecule has 2 fully saturated rings. The fourth-order valence-electron chi connectivity index (χ4n) is 5.49. The number of hydrogen-bond donors (Lipinski definition) is 6. The minimum absolute atomic E-state index is 0.0273. The molecule has 0 spiro atoms. The summed E-state index contributed by atoms with van der Waals surface area (Å²) in [4.78, 5) is 26.2. The van der Waals surface area contributed by atoms with E-state index in [-0.39, 0.29) is 30.9 Å². The van der Waals surface area contributed by atoms with Gasteiger partial charge in [0.05, 0.1) is 51.2 Å². The average Bonchev–Trinajstić information content (AvgIpc) is 3.30. The molecule has 0 radical (unpaired) electrons. The highest BCUT2D eigenvalue weighted by molar-refractivity contribution is 6.21. The van der Waals surface area contributed by atoms with Crippen LogP contribution in [0.3, 0.4) is 0 Å². The van der Waals surface area contributed by atoms with Gasteiger partial charge in [-0.05, 0) is 29.8 Å². The van der Waals surface area contributed by atoms with Gasteiger partial charge in [-0.3, -0.25) is 14.5 Å². The Bertz CT molecular complexity index is 1270. The number of fused-ring (bicyclic) bond motifs is 1. The smallest absolute Gasteiger partial charge is 0.261 e. The predicted octanol–water partition coefficient (Wildman–Crippen LogP) is -1.84. The van der Waals surface area contributed by atoms with Gasteiger partial charge in [0, 0.05) is 0 Å². The lowest BCUT2D eigenvalue weighted by molar-refractivity contribution is -0.362. The molecular formula is C30H37NO14. The highest BCUT2D eigenvalue weighted by Gasteiger charge is 2.51. The van der Waals surface area contributed by atoms with E-state index in [1.807, 2.05) is 0 Å². The van der Waals surface area contributed by atoms with Crippen LogP contribution in [0.25, 0.3) is 0 Å². The highest BCUT2D eigenvalue weighted by atomic mass is 16.7. The fraction of sp³-hybridized carbons (Fsp3) is 0.533. The van der Waals surface area contributed by atoms with Crippen molar-refractivity contribution in [3.05, 3.63) is 65.2 Å². The van der Waals surface area contributed by atoms with E-state index >= 15 is 0 Å². The van der Waals surface area contributed by atoms with E-state index in [2.05, 4.69) is 0 Å². The molecule has 2 aromatic carbocycles. The summed E-state index contributed by atoms with van der Waals surface area (Å²) in [5.74, 6) is -0.354. The number of methoxy groups -OCH3 is 1. The topological polar surface area (TPSA) is 214 Å². The number of hydrogen-bond acceptors (Lipinski definition) is 14. The zero-order valence-electron chi connectivity index (χ0n) is 24.3. The molecule has 15 nitrogen and oxygen atoms in total. The maximum atomic E-state index is 12.6. The molecule has 0 bridgehead atoms. The first kappa shape index (κ1) is 33.3. The van der Waals surface area contributed by atoms with Crippen molar-refractivity contribution in [1.82, 2.24) is 4.90 Å². The standard InChI is InChI=1S/C30H37NO14/c1-40-16-8-6-15(7-9-16)14-42-26-21(34)19(12-32)43-30(24(26)37)45-25-20(13-33)44-29(23(36)22(25)35)41-11-10-31-27(38)17-4-2-3-5-18(17)28(31)39/h2-9,19-26,29-30,32-37H,10-14H2,1H3. The molecular weight excluding hydrogens is 598 g/mol. The van der Waals surface area contributed by atoms with Crippen LogP contribution in [0.4, 0.5) is 0 Å². The van der Waals surface area contributed by atoms with Crippen molar-refractivity contribution < 1.29 is 68.6 Å². The van der Waals surface area contributed by atoms with Crippen LogP contribution in [-0.2, 0) is 30.3 Å². The summed E-state index contributed by atoms with van der Waals surface area (Å²) in [5.41, 5.74) is 1.24. The minimum atomic E-state index is -1.73. The van der Waals surface area contributed by atoms with Crippen molar-refractivity contribution in [2.24, 2.45) is 0 Å². The normalized spacial score (nSPS) is 33.4. The zero-order chi connectivity index (χ0) is 32.2. The van der Waals surface area contributed by atoms with E-state index in [9.17, 15) is 40.2 Å². The minimum Gasteiger partial charge on any atom is -0.497 e. The van der Waals surface area contributed by atoms with Crippen molar-refractivity contribution in [3.63, 3.8) is 0 Å². The number of amides is 2. The highest BCUT2D eigenvalue weighted by Crippen LogP contribution is 2.31. The van der Waals surface area contributed by atoms with Crippen LogP contribution in [0, 0.1) is 0 Å². The number of carbonyl (C=O) groups is 2. The Morgan fingerprint density at radius 3 is 1.96 bits per heavy atom. The molecule has 3 aliphatic rings. The summed E-state index contributed by atoms with van der Waals surface area (Å²) in [5, 5.41) is 63.2. The van der Waals surface area contributed by atoms with Crippen LogP contribution in [-0.4, -0.2) is 142 Å². The molecule has 10 unspecified atom stereocenters. The quantitative estimate of drug-likeness (QED) is 0.141. The second-order valence-electron chi connectivity index (χ2n) is 10.8. The molecule has 2 aromatic rings. The molecule has 0 saturated carbocycles. The third-order valence-corrected chi connectivity index (χ3v) is 8.01. The Balaban J connectivity index is 1.19. The largest absolute Gasteiger partial charge is 0.497 e. The van der Waals surface area contributed by atoms with Crippen molar-refractivity contribution >= 4 is 11.8 Å². The number of aliphatic hydroxyl groups is 6. The molecule has 6 N–H and O–H groups in total. The summed E-state index contributed by atoms with van der Waals surface area (Å²) >= 11 is 0. The maximum absolute atomic E-state index is 12.6. The van der Waals surface area contributed by atoms with Crippen LogP contribution in [0.1, 0.15) is 26.3 Å². The summed E-state index contributed by atoms with van der Waals surface area (Å²) < 4.78 is 33.4. The second-order valence-corrected chi connectivity index (χ2v) is 10.8. The summed E-state index contributed by atoms with van der Waals surface area (Å²) in [6.07, 6.45) is -14.9. The number of ether oxygens (including phenoxy) is 6. The lowest BCUT2D eigenvalue weighted by atomic mass is 9.96. The fourth-order valence-corrected chi connectivity index (χ4v) is 5.49. The van der Waals surface area contributed by atoms with E-state index in [1.54, 1.807) is 48.5 Å². The molecule has 3 aliphatic heterocycles. The van der Waals surface area contributed by atoms with Crippen LogP contribution >= 0.6 is 0 Å². The molecule has 15 heteroatoms. The lowest BCUT2D eigenvalue weighted by Gasteiger charge is -2.46. The number of carbonyl (C=O) groups excluding carboxylic acids is 2.